The number of amides is 1. The van der Waals surface area contributed by atoms with Crippen LogP contribution in [-0.2, 0) is 17.9 Å². The maximum atomic E-state index is 13.3. The number of aromatic nitrogens is 4. The first-order valence-electron chi connectivity index (χ1n) is 10.9. The van der Waals surface area contributed by atoms with Gasteiger partial charge in [0.1, 0.15) is 12.1 Å². The van der Waals surface area contributed by atoms with Crippen LogP contribution in [0.3, 0.4) is 0 Å². The Morgan fingerprint density at radius 3 is 2.73 bits per heavy atom. The molecule has 9 nitrogen and oxygen atoms in total. The lowest BCUT2D eigenvalue weighted by atomic mass is 10.2. The van der Waals surface area contributed by atoms with Gasteiger partial charge in [-0.1, -0.05) is 24.3 Å². The fourth-order valence-corrected chi connectivity index (χ4v) is 4.07. The van der Waals surface area contributed by atoms with E-state index in [4.69, 9.17) is 9.47 Å². The molecule has 0 unspecified atom stereocenters. The number of carbonyl (C=O) groups excluding carboxylic acids is 1. The monoisotopic (exact) mass is 443 g/mol. The fraction of sp³-hybridized carbons (Fsp3) is 0.250. The Morgan fingerprint density at radius 2 is 1.91 bits per heavy atom. The number of rotatable bonds is 6. The van der Waals surface area contributed by atoms with Crippen molar-refractivity contribution in [3.63, 3.8) is 0 Å². The lowest BCUT2D eigenvalue weighted by molar-refractivity contribution is -0.122. The smallest absolute Gasteiger partial charge is 0.293 e. The van der Waals surface area contributed by atoms with Gasteiger partial charge in [-0.3, -0.25) is 9.59 Å². The molecule has 0 atom stereocenters. The van der Waals surface area contributed by atoms with Gasteiger partial charge in [0.25, 0.3) is 5.56 Å². The van der Waals surface area contributed by atoms with Crippen molar-refractivity contribution < 1.29 is 14.3 Å². The number of hydrogen-bond donors (Lipinski definition) is 1. The fourth-order valence-electron chi connectivity index (χ4n) is 4.07. The molecule has 1 amide bonds. The number of nitrogens with one attached hydrogen (secondary N) is 1. The van der Waals surface area contributed by atoms with Crippen LogP contribution in [0.5, 0.6) is 11.5 Å². The highest BCUT2D eigenvalue weighted by atomic mass is 16.7. The molecule has 4 aromatic rings. The van der Waals surface area contributed by atoms with Crippen LogP contribution in [0.2, 0.25) is 0 Å². The van der Waals surface area contributed by atoms with Gasteiger partial charge < -0.3 is 14.8 Å². The SMILES string of the molecule is O=C(Cn1nc(C2CC2)c2cnn(-c3ccccc3)c2c1=O)NCc1ccc2c(c1)OCO2. The van der Waals surface area contributed by atoms with E-state index in [2.05, 4.69) is 15.5 Å². The first-order chi connectivity index (χ1) is 16.2. The predicted molar refractivity (Wildman–Crippen MR) is 120 cm³/mol. The van der Waals surface area contributed by atoms with Crippen molar-refractivity contribution in [3.8, 4) is 17.2 Å². The molecule has 0 saturated heterocycles. The molecule has 1 aliphatic carbocycles. The molecule has 2 aromatic heterocycles. The molecule has 3 heterocycles. The zero-order valence-corrected chi connectivity index (χ0v) is 17.7. The van der Waals surface area contributed by atoms with E-state index in [0.717, 1.165) is 35.2 Å². The molecule has 33 heavy (non-hydrogen) atoms. The minimum atomic E-state index is -0.339. The van der Waals surface area contributed by atoms with Crippen molar-refractivity contribution in [1.82, 2.24) is 24.9 Å². The largest absolute Gasteiger partial charge is 0.454 e. The third-order valence-corrected chi connectivity index (χ3v) is 5.90. The van der Waals surface area contributed by atoms with Crippen molar-refractivity contribution in [2.45, 2.75) is 31.8 Å². The van der Waals surface area contributed by atoms with Gasteiger partial charge in [0.2, 0.25) is 12.7 Å². The quantitative estimate of drug-likeness (QED) is 0.492. The molecule has 0 spiro atoms. The van der Waals surface area contributed by atoms with E-state index in [-0.39, 0.29) is 24.8 Å². The summed E-state index contributed by atoms with van der Waals surface area (Å²) in [7, 11) is 0. The lowest BCUT2D eigenvalue weighted by Crippen LogP contribution is -2.34. The molecular formula is C24H21N5O4. The topological polar surface area (TPSA) is 100 Å². The van der Waals surface area contributed by atoms with Crippen LogP contribution >= 0.6 is 0 Å². The second kappa shape index (κ2) is 7.77. The van der Waals surface area contributed by atoms with Gasteiger partial charge in [-0.25, -0.2) is 9.36 Å². The number of benzene rings is 2. The van der Waals surface area contributed by atoms with Gasteiger partial charge in [0.15, 0.2) is 11.5 Å². The third kappa shape index (κ3) is 3.61. The predicted octanol–water partition coefficient (Wildman–Crippen LogP) is 2.50. The van der Waals surface area contributed by atoms with Crippen LogP contribution < -0.4 is 20.3 Å². The summed E-state index contributed by atoms with van der Waals surface area (Å²) in [6.07, 6.45) is 3.74. The van der Waals surface area contributed by atoms with E-state index in [1.54, 1.807) is 10.9 Å². The molecule has 2 aromatic carbocycles. The zero-order valence-electron chi connectivity index (χ0n) is 17.7. The van der Waals surface area contributed by atoms with Crippen LogP contribution in [0.25, 0.3) is 16.6 Å². The van der Waals surface area contributed by atoms with Gasteiger partial charge in [-0.2, -0.15) is 10.2 Å². The summed E-state index contributed by atoms with van der Waals surface area (Å²) < 4.78 is 13.6. The van der Waals surface area contributed by atoms with Crippen LogP contribution in [0.1, 0.15) is 30.0 Å². The minimum Gasteiger partial charge on any atom is -0.454 e. The first kappa shape index (κ1) is 19.5. The van der Waals surface area contributed by atoms with Gasteiger partial charge >= 0.3 is 0 Å². The van der Waals surface area contributed by atoms with E-state index in [1.807, 2.05) is 48.5 Å². The van der Waals surface area contributed by atoms with Gasteiger partial charge in [0, 0.05) is 17.8 Å². The number of carbonyl (C=O) groups is 1. The van der Waals surface area contributed by atoms with E-state index < -0.39 is 0 Å². The lowest BCUT2D eigenvalue weighted by Gasteiger charge is -2.11. The molecule has 9 heteroatoms. The Hall–Kier alpha value is -4.14. The molecule has 2 aliphatic rings. The van der Waals surface area contributed by atoms with Crippen molar-refractivity contribution in [2.24, 2.45) is 0 Å². The van der Waals surface area contributed by atoms with Gasteiger partial charge in [-0.05, 0) is 42.7 Å². The standard InChI is InChI=1S/C24H21N5O4/c30-21(25-11-15-6-9-19-20(10-15)33-14-32-19)13-28-24(31)23-18(22(27-28)16-7-8-16)12-26-29(23)17-4-2-1-3-5-17/h1-6,9-10,12,16H,7-8,11,13-14H2,(H,25,30). The second-order valence-corrected chi connectivity index (χ2v) is 8.24. The number of ether oxygens (including phenoxy) is 2. The van der Waals surface area contributed by atoms with E-state index >= 15 is 0 Å². The average Bonchev–Trinajstić information content (AvgIpc) is 3.40. The van der Waals surface area contributed by atoms with Gasteiger partial charge in [-0.15, -0.1) is 0 Å². The molecule has 0 radical (unpaired) electrons. The molecule has 1 N–H and O–H groups in total. The summed E-state index contributed by atoms with van der Waals surface area (Å²) in [6.45, 7) is 0.341. The summed E-state index contributed by atoms with van der Waals surface area (Å²) in [4.78, 5) is 26.1. The Balaban J connectivity index is 1.29. The summed E-state index contributed by atoms with van der Waals surface area (Å²) in [5.74, 6) is 1.35. The Kier molecular flexibility index (Phi) is 4.60. The van der Waals surface area contributed by atoms with Crippen LogP contribution in [0.4, 0.5) is 0 Å². The zero-order chi connectivity index (χ0) is 22.4. The molecular weight excluding hydrogens is 422 g/mol. The Morgan fingerprint density at radius 1 is 1.09 bits per heavy atom. The van der Waals surface area contributed by atoms with Crippen LogP contribution in [0, 0.1) is 0 Å². The van der Waals surface area contributed by atoms with Crippen molar-refractivity contribution >= 4 is 16.8 Å². The normalized spacial score (nSPS) is 14.5. The molecule has 6 rings (SSSR count). The van der Waals surface area contributed by atoms with E-state index in [1.165, 1.54) is 4.68 Å². The molecule has 1 saturated carbocycles. The summed E-state index contributed by atoms with van der Waals surface area (Å²) in [5, 5.41) is 12.6. The average molecular weight is 443 g/mol. The van der Waals surface area contributed by atoms with E-state index in [0.29, 0.717) is 29.5 Å². The maximum absolute atomic E-state index is 13.3. The molecule has 166 valence electrons. The summed E-state index contributed by atoms with van der Waals surface area (Å²) in [5.41, 5.74) is 2.60. The number of nitrogens with zero attached hydrogens (tertiary/aromatic N) is 4. The summed E-state index contributed by atoms with van der Waals surface area (Å²) in [6, 6.07) is 15.0. The molecule has 1 aliphatic heterocycles. The van der Waals surface area contributed by atoms with Crippen LogP contribution in [0.15, 0.2) is 59.5 Å². The van der Waals surface area contributed by atoms with E-state index in [9.17, 15) is 9.59 Å². The van der Waals surface area contributed by atoms with Gasteiger partial charge in [0.05, 0.1) is 17.6 Å². The van der Waals surface area contributed by atoms with Crippen molar-refractivity contribution in [2.75, 3.05) is 6.79 Å². The minimum absolute atomic E-state index is 0.168. The maximum Gasteiger partial charge on any atom is 0.293 e. The molecule has 1 fully saturated rings. The van der Waals surface area contributed by atoms with Crippen molar-refractivity contribution in [3.05, 3.63) is 76.3 Å². The van der Waals surface area contributed by atoms with Crippen LogP contribution in [-0.4, -0.2) is 32.3 Å². The molecule has 0 bridgehead atoms. The number of hydrogen-bond acceptors (Lipinski definition) is 6. The highest BCUT2D eigenvalue weighted by molar-refractivity contribution is 5.83. The number of fused-ring (bicyclic) bond motifs is 2. The second-order valence-electron chi connectivity index (χ2n) is 8.24. The summed E-state index contributed by atoms with van der Waals surface area (Å²) >= 11 is 0. The highest BCUT2D eigenvalue weighted by Crippen LogP contribution is 2.41. The Bertz CT molecular complexity index is 1420. The number of para-hydroxylation sites is 1. The third-order valence-electron chi connectivity index (χ3n) is 5.90. The first-order valence-corrected chi connectivity index (χ1v) is 10.9. The highest BCUT2D eigenvalue weighted by Gasteiger charge is 2.30. The van der Waals surface area contributed by atoms with Crippen molar-refractivity contribution in [1.29, 1.82) is 0 Å². The Labute approximate surface area is 188 Å².